The zero-order chi connectivity index (χ0) is 25.7. The predicted molar refractivity (Wildman–Crippen MR) is 136 cm³/mol. The minimum Gasteiger partial charge on any atom is -0.462 e. The summed E-state index contributed by atoms with van der Waals surface area (Å²) in [5.74, 6) is -2.08. The van der Waals surface area contributed by atoms with Gasteiger partial charge in [-0.25, -0.2) is 9.18 Å². The SMILES string of the molecule is CCOC(=O)c1cc(-c2ccccc2)sc1NC(=O)[C@@H](C)OC(=O)C1(c2cccc(F)c2)CCCC1. The van der Waals surface area contributed by atoms with E-state index in [-0.39, 0.29) is 12.2 Å². The van der Waals surface area contributed by atoms with Gasteiger partial charge in [0.25, 0.3) is 5.91 Å². The van der Waals surface area contributed by atoms with E-state index in [4.69, 9.17) is 9.47 Å². The fourth-order valence-electron chi connectivity index (χ4n) is 4.50. The van der Waals surface area contributed by atoms with Crippen LogP contribution in [0, 0.1) is 5.82 Å². The standard InChI is InChI=1S/C28H28FNO5S/c1-3-34-26(32)22-17-23(19-10-5-4-6-11-19)36-25(22)30-24(31)18(2)35-27(33)28(14-7-8-15-28)20-12-9-13-21(29)16-20/h4-6,9-13,16-18H,3,7-8,14-15H2,1-2H3,(H,30,31)/t18-/m1/s1. The lowest BCUT2D eigenvalue weighted by atomic mass is 9.79. The molecule has 8 heteroatoms. The number of nitrogens with one attached hydrogen (secondary N) is 1. The molecule has 1 aliphatic rings. The van der Waals surface area contributed by atoms with E-state index in [0.717, 1.165) is 23.3 Å². The minimum atomic E-state index is -1.12. The quantitative estimate of drug-likeness (QED) is 0.370. The average Bonchev–Trinajstić information content (AvgIpc) is 3.53. The van der Waals surface area contributed by atoms with E-state index in [1.165, 1.54) is 30.4 Å². The number of anilines is 1. The van der Waals surface area contributed by atoms with Gasteiger partial charge in [0, 0.05) is 4.88 Å². The topological polar surface area (TPSA) is 81.7 Å². The lowest BCUT2D eigenvalue weighted by Gasteiger charge is -2.28. The summed E-state index contributed by atoms with van der Waals surface area (Å²) in [5, 5.41) is 3.06. The van der Waals surface area contributed by atoms with E-state index in [0.29, 0.717) is 23.4 Å². The van der Waals surface area contributed by atoms with Crippen LogP contribution in [-0.2, 0) is 24.5 Å². The minimum absolute atomic E-state index is 0.193. The molecule has 4 rings (SSSR count). The van der Waals surface area contributed by atoms with Crippen molar-refractivity contribution in [1.82, 2.24) is 0 Å². The van der Waals surface area contributed by atoms with Gasteiger partial charge in [-0.05, 0) is 56.0 Å². The molecule has 0 saturated heterocycles. The molecule has 36 heavy (non-hydrogen) atoms. The smallest absolute Gasteiger partial charge is 0.341 e. The lowest BCUT2D eigenvalue weighted by molar-refractivity contribution is -0.159. The third-order valence-corrected chi connectivity index (χ3v) is 7.50. The van der Waals surface area contributed by atoms with E-state index in [9.17, 15) is 18.8 Å². The second-order valence-corrected chi connectivity index (χ2v) is 9.83. The molecule has 1 fully saturated rings. The Morgan fingerprint density at radius 3 is 2.44 bits per heavy atom. The number of amides is 1. The van der Waals surface area contributed by atoms with Crippen molar-refractivity contribution in [3.8, 4) is 10.4 Å². The molecule has 0 bridgehead atoms. The maximum absolute atomic E-state index is 13.9. The van der Waals surface area contributed by atoms with Gasteiger partial charge < -0.3 is 14.8 Å². The zero-order valence-corrected chi connectivity index (χ0v) is 21.0. The van der Waals surface area contributed by atoms with Crippen LogP contribution in [0.4, 0.5) is 9.39 Å². The summed E-state index contributed by atoms with van der Waals surface area (Å²) in [6.07, 6.45) is 1.56. The molecule has 3 aromatic rings. The first-order valence-electron chi connectivity index (χ1n) is 12.0. The summed E-state index contributed by atoms with van der Waals surface area (Å²) in [5.41, 5.74) is 0.717. The van der Waals surface area contributed by atoms with Crippen molar-refractivity contribution in [1.29, 1.82) is 0 Å². The van der Waals surface area contributed by atoms with E-state index >= 15 is 0 Å². The number of thiophene rings is 1. The predicted octanol–water partition coefficient (Wildman–Crippen LogP) is 6.11. The molecule has 2 aromatic carbocycles. The highest BCUT2D eigenvalue weighted by Crippen LogP contribution is 2.43. The maximum atomic E-state index is 13.9. The van der Waals surface area contributed by atoms with Gasteiger partial charge in [-0.1, -0.05) is 55.3 Å². The Hall–Kier alpha value is -3.52. The van der Waals surface area contributed by atoms with Crippen molar-refractivity contribution >= 4 is 34.2 Å². The first-order valence-corrected chi connectivity index (χ1v) is 12.8. The number of ether oxygens (including phenoxy) is 2. The zero-order valence-electron chi connectivity index (χ0n) is 20.2. The number of rotatable bonds is 8. The summed E-state index contributed by atoms with van der Waals surface area (Å²) >= 11 is 1.24. The molecule has 1 heterocycles. The Balaban J connectivity index is 1.53. The van der Waals surface area contributed by atoms with Gasteiger partial charge >= 0.3 is 11.9 Å². The Morgan fingerprint density at radius 1 is 1.06 bits per heavy atom. The fourth-order valence-corrected chi connectivity index (χ4v) is 5.56. The molecule has 0 radical (unpaired) electrons. The normalized spacial score (nSPS) is 15.2. The molecule has 1 amide bonds. The average molecular weight is 510 g/mol. The summed E-state index contributed by atoms with van der Waals surface area (Å²) in [6.45, 7) is 3.38. The number of hydrogen-bond donors (Lipinski definition) is 1. The van der Waals surface area contributed by atoms with Crippen LogP contribution in [-0.4, -0.2) is 30.6 Å². The summed E-state index contributed by atoms with van der Waals surface area (Å²) in [6, 6.07) is 17.2. The highest BCUT2D eigenvalue weighted by atomic mass is 32.1. The molecule has 1 N–H and O–H groups in total. The summed E-state index contributed by atoms with van der Waals surface area (Å²) in [7, 11) is 0. The van der Waals surface area contributed by atoms with E-state index < -0.39 is 35.2 Å². The maximum Gasteiger partial charge on any atom is 0.341 e. The molecular weight excluding hydrogens is 481 g/mol. The van der Waals surface area contributed by atoms with Crippen LogP contribution < -0.4 is 5.32 Å². The molecule has 1 saturated carbocycles. The number of halogens is 1. The number of hydrogen-bond acceptors (Lipinski definition) is 6. The Labute approximate surface area is 213 Å². The van der Waals surface area contributed by atoms with Crippen molar-refractivity contribution < 1.29 is 28.2 Å². The monoisotopic (exact) mass is 509 g/mol. The Bertz CT molecular complexity index is 1250. The Kier molecular flexibility index (Phi) is 7.84. The van der Waals surface area contributed by atoms with Crippen molar-refractivity contribution in [3.05, 3.63) is 77.6 Å². The first kappa shape index (κ1) is 25.6. The second kappa shape index (κ2) is 11.0. The van der Waals surface area contributed by atoms with Gasteiger partial charge in [0.2, 0.25) is 0 Å². The van der Waals surface area contributed by atoms with Gasteiger partial charge in [-0.3, -0.25) is 9.59 Å². The van der Waals surface area contributed by atoms with Crippen molar-refractivity contribution in [2.24, 2.45) is 0 Å². The highest BCUT2D eigenvalue weighted by Gasteiger charge is 2.45. The molecule has 1 atom stereocenters. The Morgan fingerprint density at radius 2 is 1.78 bits per heavy atom. The van der Waals surface area contributed by atoms with Crippen LogP contribution in [0.3, 0.4) is 0 Å². The van der Waals surface area contributed by atoms with Crippen LogP contribution in [0.2, 0.25) is 0 Å². The molecule has 0 spiro atoms. The third-order valence-electron chi connectivity index (χ3n) is 6.40. The molecule has 0 unspecified atom stereocenters. The van der Waals surface area contributed by atoms with Crippen LogP contribution in [0.25, 0.3) is 10.4 Å². The summed E-state index contributed by atoms with van der Waals surface area (Å²) in [4.78, 5) is 39.7. The van der Waals surface area contributed by atoms with E-state index in [1.54, 1.807) is 25.1 Å². The van der Waals surface area contributed by atoms with Crippen LogP contribution in [0.1, 0.15) is 55.5 Å². The fraction of sp³-hybridized carbons (Fsp3) is 0.321. The molecular formula is C28H28FNO5S. The van der Waals surface area contributed by atoms with Gasteiger partial charge in [0.15, 0.2) is 6.10 Å². The van der Waals surface area contributed by atoms with Gasteiger partial charge in [0.1, 0.15) is 10.8 Å². The van der Waals surface area contributed by atoms with Crippen LogP contribution >= 0.6 is 11.3 Å². The number of carbonyl (C=O) groups excluding carboxylic acids is 3. The summed E-state index contributed by atoms with van der Waals surface area (Å²) < 4.78 is 24.7. The molecule has 0 aliphatic heterocycles. The lowest BCUT2D eigenvalue weighted by Crippen LogP contribution is -2.40. The molecule has 6 nitrogen and oxygen atoms in total. The number of esters is 2. The molecule has 188 valence electrons. The van der Waals surface area contributed by atoms with E-state index in [1.807, 2.05) is 30.3 Å². The largest absolute Gasteiger partial charge is 0.462 e. The molecule has 1 aromatic heterocycles. The van der Waals surface area contributed by atoms with Gasteiger partial charge in [-0.2, -0.15) is 0 Å². The highest BCUT2D eigenvalue weighted by molar-refractivity contribution is 7.20. The van der Waals surface area contributed by atoms with Crippen molar-refractivity contribution in [2.75, 3.05) is 11.9 Å². The van der Waals surface area contributed by atoms with Gasteiger partial charge in [-0.15, -0.1) is 11.3 Å². The number of benzene rings is 2. The third kappa shape index (κ3) is 5.33. The van der Waals surface area contributed by atoms with Crippen LogP contribution in [0.15, 0.2) is 60.7 Å². The van der Waals surface area contributed by atoms with Gasteiger partial charge in [0.05, 0.1) is 17.6 Å². The van der Waals surface area contributed by atoms with E-state index in [2.05, 4.69) is 5.32 Å². The first-order chi connectivity index (χ1) is 17.3. The van der Waals surface area contributed by atoms with Crippen molar-refractivity contribution in [3.63, 3.8) is 0 Å². The molecule has 1 aliphatic carbocycles. The van der Waals surface area contributed by atoms with Crippen LogP contribution in [0.5, 0.6) is 0 Å². The number of carbonyl (C=O) groups is 3. The van der Waals surface area contributed by atoms with Crippen molar-refractivity contribution in [2.45, 2.75) is 51.0 Å². The second-order valence-electron chi connectivity index (χ2n) is 8.78.